The summed E-state index contributed by atoms with van der Waals surface area (Å²) in [5.41, 5.74) is 1.79. The number of H-pyrrole nitrogens is 1. The molecule has 2 heterocycles. The first kappa shape index (κ1) is 8.49. The van der Waals surface area contributed by atoms with Crippen LogP contribution in [-0.4, -0.2) is 19.7 Å². The Hall–Kier alpha value is -1.81. The number of rotatable bonds is 1. The van der Waals surface area contributed by atoms with Crippen molar-refractivity contribution < 1.29 is 0 Å². The number of aromatic nitrogens is 4. The second-order valence-electron chi connectivity index (χ2n) is 3.17. The number of nitrogens with zero attached hydrogens (tertiary/aromatic N) is 3. The van der Waals surface area contributed by atoms with E-state index in [1.54, 1.807) is 10.9 Å². The molecule has 0 aliphatic carbocycles. The van der Waals surface area contributed by atoms with Gasteiger partial charge in [-0.3, -0.25) is 0 Å². The van der Waals surface area contributed by atoms with Crippen LogP contribution in [0.3, 0.4) is 0 Å². The van der Waals surface area contributed by atoms with E-state index in [-0.39, 0.29) is 0 Å². The Bertz CT molecular complexity index is 597. The molecule has 0 spiro atoms. The summed E-state index contributed by atoms with van der Waals surface area (Å²) in [5, 5.41) is 4.79. The van der Waals surface area contributed by atoms with Gasteiger partial charge in [0.1, 0.15) is 0 Å². The van der Waals surface area contributed by atoms with Crippen molar-refractivity contribution in [3.8, 4) is 5.95 Å². The third-order valence-electron chi connectivity index (χ3n) is 2.15. The fourth-order valence-corrected chi connectivity index (χ4v) is 1.64. The van der Waals surface area contributed by atoms with Gasteiger partial charge < -0.3 is 4.98 Å². The maximum absolute atomic E-state index is 5.88. The van der Waals surface area contributed by atoms with Gasteiger partial charge in [-0.05, 0) is 24.3 Å². The fourth-order valence-electron chi connectivity index (χ4n) is 1.47. The van der Waals surface area contributed by atoms with Gasteiger partial charge in [-0.1, -0.05) is 11.6 Å². The Labute approximate surface area is 90.5 Å². The van der Waals surface area contributed by atoms with Crippen LogP contribution in [-0.2, 0) is 0 Å². The predicted octanol–water partition coefficient (Wildman–Crippen LogP) is 2.40. The monoisotopic (exact) mass is 218 g/mol. The molecule has 1 aromatic carbocycles. The van der Waals surface area contributed by atoms with E-state index in [1.807, 2.05) is 30.5 Å². The number of aromatic amines is 1. The van der Waals surface area contributed by atoms with Crippen LogP contribution in [0.2, 0.25) is 5.02 Å². The van der Waals surface area contributed by atoms with Crippen LogP contribution >= 0.6 is 11.6 Å². The Kier molecular flexibility index (Phi) is 1.76. The summed E-state index contributed by atoms with van der Waals surface area (Å²) in [6.45, 7) is 0. The lowest BCUT2D eigenvalue weighted by Crippen LogP contribution is -1.95. The van der Waals surface area contributed by atoms with Crippen molar-refractivity contribution in [1.82, 2.24) is 19.7 Å². The molecular weight excluding hydrogens is 212 g/mol. The number of hydrogen-bond donors (Lipinski definition) is 1. The average molecular weight is 219 g/mol. The van der Waals surface area contributed by atoms with Gasteiger partial charge >= 0.3 is 0 Å². The lowest BCUT2D eigenvalue weighted by atomic mass is 10.3. The Morgan fingerprint density at radius 1 is 1.33 bits per heavy atom. The molecule has 5 heteroatoms. The molecule has 0 unspecified atom stereocenters. The first-order chi connectivity index (χ1) is 7.33. The van der Waals surface area contributed by atoms with Gasteiger partial charge in [-0.15, -0.1) is 0 Å². The predicted molar refractivity (Wildman–Crippen MR) is 58.2 cm³/mol. The third-order valence-corrected chi connectivity index (χ3v) is 2.39. The molecule has 0 aliphatic rings. The lowest BCUT2D eigenvalue weighted by Gasteiger charge is -1.91. The zero-order valence-corrected chi connectivity index (χ0v) is 8.44. The highest BCUT2D eigenvalue weighted by molar-refractivity contribution is 6.31. The summed E-state index contributed by atoms with van der Waals surface area (Å²) in [6.07, 6.45) is 3.54. The average Bonchev–Trinajstić information content (AvgIpc) is 2.84. The molecule has 0 saturated heterocycles. The fraction of sp³-hybridized carbons (Fsp3) is 0. The van der Waals surface area contributed by atoms with E-state index in [1.165, 1.54) is 0 Å². The van der Waals surface area contributed by atoms with Gasteiger partial charge in [0.25, 0.3) is 0 Å². The van der Waals surface area contributed by atoms with Crippen LogP contribution in [0.5, 0.6) is 0 Å². The van der Waals surface area contributed by atoms with Gasteiger partial charge in [0.15, 0.2) is 0 Å². The number of nitrogens with one attached hydrogen (secondary N) is 1. The molecule has 0 fully saturated rings. The standard InChI is InChI=1S/C10H7ClN4/c11-7-2-3-8-9(6-7)14-10(13-8)15-5-1-4-12-15/h1-6H,(H,13,14). The lowest BCUT2D eigenvalue weighted by molar-refractivity contribution is 0.829. The number of halogens is 1. The molecule has 0 amide bonds. The van der Waals surface area contributed by atoms with Gasteiger partial charge in [0, 0.05) is 17.4 Å². The van der Waals surface area contributed by atoms with Gasteiger partial charge in [-0.2, -0.15) is 5.10 Å². The SMILES string of the molecule is Clc1ccc2nc(-n3cccn3)[nH]c2c1. The van der Waals surface area contributed by atoms with E-state index in [0.29, 0.717) is 11.0 Å². The minimum Gasteiger partial charge on any atom is -0.322 e. The highest BCUT2D eigenvalue weighted by Gasteiger charge is 2.04. The van der Waals surface area contributed by atoms with Gasteiger partial charge in [0.05, 0.1) is 11.0 Å². The topological polar surface area (TPSA) is 46.5 Å². The van der Waals surface area contributed by atoms with Crippen molar-refractivity contribution >= 4 is 22.6 Å². The van der Waals surface area contributed by atoms with Crippen molar-refractivity contribution in [3.63, 3.8) is 0 Å². The summed E-state index contributed by atoms with van der Waals surface area (Å²) >= 11 is 5.88. The highest BCUT2D eigenvalue weighted by atomic mass is 35.5. The molecule has 4 nitrogen and oxygen atoms in total. The summed E-state index contributed by atoms with van der Waals surface area (Å²) in [4.78, 5) is 7.53. The van der Waals surface area contributed by atoms with Crippen LogP contribution < -0.4 is 0 Å². The van der Waals surface area contributed by atoms with Crippen LogP contribution in [0.15, 0.2) is 36.7 Å². The molecule has 1 N–H and O–H groups in total. The number of imidazole rings is 1. The normalized spacial score (nSPS) is 11.0. The quantitative estimate of drug-likeness (QED) is 0.682. The molecule has 3 rings (SSSR count). The number of benzene rings is 1. The molecular formula is C10H7ClN4. The Balaban J connectivity index is 2.22. The van der Waals surface area contributed by atoms with E-state index in [0.717, 1.165) is 11.0 Å². The Morgan fingerprint density at radius 2 is 2.27 bits per heavy atom. The summed E-state index contributed by atoms with van der Waals surface area (Å²) in [7, 11) is 0. The number of hydrogen-bond acceptors (Lipinski definition) is 2. The first-order valence-electron chi connectivity index (χ1n) is 4.48. The van der Waals surface area contributed by atoms with Crippen molar-refractivity contribution in [2.24, 2.45) is 0 Å². The summed E-state index contributed by atoms with van der Waals surface area (Å²) in [5.74, 6) is 0.692. The van der Waals surface area contributed by atoms with Gasteiger partial charge in [-0.25, -0.2) is 9.67 Å². The van der Waals surface area contributed by atoms with Crippen LogP contribution in [0, 0.1) is 0 Å². The van der Waals surface area contributed by atoms with E-state index in [9.17, 15) is 0 Å². The summed E-state index contributed by atoms with van der Waals surface area (Å²) < 4.78 is 1.67. The Morgan fingerprint density at radius 3 is 3.07 bits per heavy atom. The summed E-state index contributed by atoms with van der Waals surface area (Å²) in [6, 6.07) is 7.38. The number of fused-ring (bicyclic) bond motifs is 1. The van der Waals surface area contributed by atoms with Crippen LogP contribution in [0.4, 0.5) is 0 Å². The highest BCUT2D eigenvalue weighted by Crippen LogP contribution is 2.18. The first-order valence-corrected chi connectivity index (χ1v) is 4.86. The zero-order valence-electron chi connectivity index (χ0n) is 7.68. The smallest absolute Gasteiger partial charge is 0.229 e. The molecule has 2 aromatic heterocycles. The molecule has 0 aliphatic heterocycles. The third kappa shape index (κ3) is 1.39. The minimum absolute atomic E-state index is 0.692. The second-order valence-corrected chi connectivity index (χ2v) is 3.61. The molecule has 0 bridgehead atoms. The van der Waals surface area contributed by atoms with Crippen molar-refractivity contribution in [2.45, 2.75) is 0 Å². The molecule has 0 radical (unpaired) electrons. The van der Waals surface area contributed by atoms with Gasteiger partial charge in [0.2, 0.25) is 5.95 Å². The van der Waals surface area contributed by atoms with Crippen molar-refractivity contribution in [3.05, 3.63) is 41.7 Å². The second kappa shape index (κ2) is 3.10. The maximum Gasteiger partial charge on any atom is 0.229 e. The zero-order chi connectivity index (χ0) is 10.3. The largest absolute Gasteiger partial charge is 0.322 e. The van der Waals surface area contributed by atoms with Crippen LogP contribution in [0.1, 0.15) is 0 Å². The molecule has 0 saturated carbocycles. The minimum atomic E-state index is 0.692. The van der Waals surface area contributed by atoms with E-state index >= 15 is 0 Å². The van der Waals surface area contributed by atoms with E-state index < -0.39 is 0 Å². The van der Waals surface area contributed by atoms with Crippen molar-refractivity contribution in [1.29, 1.82) is 0 Å². The van der Waals surface area contributed by atoms with E-state index in [4.69, 9.17) is 11.6 Å². The van der Waals surface area contributed by atoms with Crippen LogP contribution in [0.25, 0.3) is 17.0 Å². The molecule has 0 atom stereocenters. The molecule has 74 valence electrons. The van der Waals surface area contributed by atoms with E-state index in [2.05, 4.69) is 15.1 Å². The molecule has 3 aromatic rings. The molecule has 15 heavy (non-hydrogen) atoms. The van der Waals surface area contributed by atoms with Crippen molar-refractivity contribution in [2.75, 3.05) is 0 Å². The maximum atomic E-state index is 5.88.